The molecule has 12 heteroatoms. The van der Waals surface area contributed by atoms with Crippen molar-refractivity contribution in [1.29, 1.82) is 0 Å². The van der Waals surface area contributed by atoms with E-state index < -0.39 is 20.0 Å². The van der Waals surface area contributed by atoms with Crippen LogP contribution in [0.2, 0.25) is 5.02 Å². The third kappa shape index (κ3) is 7.51. The Morgan fingerprint density at radius 1 is 0.923 bits per heavy atom. The van der Waals surface area contributed by atoms with Crippen LogP contribution in [0.5, 0.6) is 5.75 Å². The van der Waals surface area contributed by atoms with Crippen LogP contribution < -0.4 is 14.8 Å². The maximum Gasteiger partial charge on any atom is 0.261 e. The zero-order valence-corrected chi connectivity index (χ0v) is 23.7. The van der Waals surface area contributed by atoms with Gasteiger partial charge in [0.2, 0.25) is 15.9 Å². The lowest BCUT2D eigenvalue weighted by atomic mass is 9.97. The van der Waals surface area contributed by atoms with Crippen molar-refractivity contribution in [2.45, 2.75) is 30.4 Å². The fourth-order valence-corrected chi connectivity index (χ4v) is 7.20. The van der Waals surface area contributed by atoms with Gasteiger partial charge in [-0.2, -0.15) is 0 Å². The van der Waals surface area contributed by atoms with Crippen LogP contribution in [0.1, 0.15) is 25.3 Å². The van der Waals surface area contributed by atoms with Gasteiger partial charge in [0.15, 0.2) is 0 Å². The highest BCUT2D eigenvalue weighted by atomic mass is 35.5. The first kappa shape index (κ1) is 28.9. The molecule has 0 radical (unpaired) electrons. The molecule has 0 aromatic heterocycles. The summed E-state index contributed by atoms with van der Waals surface area (Å²) in [4.78, 5) is 12.9. The molecule has 0 bridgehead atoms. The minimum absolute atomic E-state index is 0.0476. The third-order valence-corrected chi connectivity index (χ3v) is 9.96. The SMILES string of the molecule is CCOc1ccc(NS(=O)(=O)c2ccc(NC(=O)C3CCN(S(=O)(=O)Cc4ccccc4Cl)CC3)cc2)cc1. The first-order valence-corrected chi connectivity index (χ1v) is 15.9. The summed E-state index contributed by atoms with van der Waals surface area (Å²) in [5, 5.41) is 3.21. The van der Waals surface area contributed by atoms with Gasteiger partial charge in [0.1, 0.15) is 5.75 Å². The van der Waals surface area contributed by atoms with E-state index in [4.69, 9.17) is 16.3 Å². The third-order valence-electron chi connectivity index (χ3n) is 6.36. The van der Waals surface area contributed by atoms with Crippen molar-refractivity contribution in [3.05, 3.63) is 83.4 Å². The van der Waals surface area contributed by atoms with Crippen molar-refractivity contribution in [3.8, 4) is 5.75 Å². The second-order valence-corrected chi connectivity index (χ2v) is 13.2. The summed E-state index contributed by atoms with van der Waals surface area (Å²) in [5.41, 5.74) is 1.39. The number of nitrogens with one attached hydrogen (secondary N) is 2. The van der Waals surface area contributed by atoms with E-state index in [2.05, 4.69) is 10.0 Å². The van der Waals surface area contributed by atoms with Crippen molar-refractivity contribution in [2.75, 3.05) is 29.7 Å². The molecule has 208 valence electrons. The van der Waals surface area contributed by atoms with E-state index in [-0.39, 0.29) is 35.6 Å². The Kier molecular flexibility index (Phi) is 9.16. The maximum atomic E-state index is 12.9. The average molecular weight is 592 g/mol. The smallest absolute Gasteiger partial charge is 0.261 e. The van der Waals surface area contributed by atoms with Gasteiger partial charge in [-0.1, -0.05) is 29.8 Å². The molecule has 0 atom stereocenters. The van der Waals surface area contributed by atoms with Gasteiger partial charge < -0.3 is 10.1 Å². The highest BCUT2D eigenvalue weighted by Gasteiger charge is 2.31. The highest BCUT2D eigenvalue weighted by molar-refractivity contribution is 7.92. The van der Waals surface area contributed by atoms with Crippen molar-refractivity contribution < 1.29 is 26.4 Å². The van der Waals surface area contributed by atoms with Gasteiger partial charge in [-0.05, 0) is 79.9 Å². The summed E-state index contributed by atoms with van der Waals surface area (Å²) in [6.45, 7) is 2.85. The number of hydrogen-bond acceptors (Lipinski definition) is 6. The van der Waals surface area contributed by atoms with E-state index in [1.165, 1.54) is 28.6 Å². The molecule has 9 nitrogen and oxygen atoms in total. The minimum atomic E-state index is -3.82. The fourth-order valence-electron chi connectivity index (χ4n) is 4.26. The van der Waals surface area contributed by atoms with Gasteiger partial charge in [-0.15, -0.1) is 0 Å². The lowest BCUT2D eigenvalue weighted by Crippen LogP contribution is -2.41. The minimum Gasteiger partial charge on any atom is -0.494 e. The summed E-state index contributed by atoms with van der Waals surface area (Å²) < 4.78 is 60.5. The molecule has 2 N–H and O–H groups in total. The van der Waals surface area contributed by atoms with E-state index in [9.17, 15) is 21.6 Å². The molecule has 39 heavy (non-hydrogen) atoms. The van der Waals surface area contributed by atoms with E-state index in [0.29, 0.717) is 47.2 Å². The van der Waals surface area contributed by atoms with E-state index in [1.54, 1.807) is 48.5 Å². The molecule has 0 spiro atoms. The predicted molar refractivity (Wildman–Crippen MR) is 152 cm³/mol. The summed E-state index contributed by atoms with van der Waals surface area (Å²) >= 11 is 6.12. The molecule has 3 aromatic carbocycles. The van der Waals surface area contributed by atoms with Gasteiger partial charge in [0, 0.05) is 35.4 Å². The van der Waals surface area contributed by atoms with Crippen molar-refractivity contribution in [3.63, 3.8) is 0 Å². The molecule has 3 aromatic rings. The molecule has 1 amide bonds. The zero-order valence-electron chi connectivity index (χ0n) is 21.3. The first-order chi connectivity index (χ1) is 18.6. The van der Waals surface area contributed by atoms with Crippen LogP contribution in [0.25, 0.3) is 0 Å². The zero-order chi connectivity index (χ0) is 28.0. The molecule has 1 heterocycles. The number of carbonyl (C=O) groups is 1. The van der Waals surface area contributed by atoms with Crippen LogP contribution in [-0.2, 0) is 30.6 Å². The lowest BCUT2D eigenvalue weighted by Gasteiger charge is -2.30. The van der Waals surface area contributed by atoms with Crippen LogP contribution in [0.4, 0.5) is 11.4 Å². The van der Waals surface area contributed by atoms with Gasteiger partial charge >= 0.3 is 0 Å². The normalized spacial score (nSPS) is 15.0. The Morgan fingerprint density at radius 3 is 2.15 bits per heavy atom. The molecule has 1 saturated heterocycles. The molecule has 1 aliphatic heterocycles. The van der Waals surface area contributed by atoms with Crippen LogP contribution in [-0.4, -0.2) is 46.7 Å². The van der Waals surface area contributed by atoms with Gasteiger partial charge in [0.25, 0.3) is 10.0 Å². The number of ether oxygens (including phenoxy) is 1. The Bertz CT molecular complexity index is 1500. The van der Waals surface area contributed by atoms with Crippen molar-refractivity contribution in [1.82, 2.24) is 4.31 Å². The molecule has 4 rings (SSSR count). The molecular formula is C27H30ClN3O6S2. The number of piperidine rings is 1. The monoisotopic (exact) mass is 591 g/mol. The number of sulfonamides is 2. The van der Waals surface area contributed by atoms with Gasteiger partial charge in [0.05, 0.1) is 17.3 Å². The molecule has 1 fully saturated rings. The van der Waals surface area contributed by atoms with Gasteiger partial charge in [-0.3, -0.25) is 9.52 Å². The van der Waals surface area contributed by atoms with Crippen LogP contribution >= 0.6 is 11.6 Å². The summed E-state index contributed by atoms with van der Waals surface area (Å²) in [5.74, 6) is -0.139. The number of halogens is 1. The first-order valence-electron chi connectivity index (χ1n) is 12.5. The van der Waals surface area contributed by atoms with E-state index >= 15 is 0 Å². The second kappa shape index (κ2) is 12.4. The van der Waals surface area contributed by atoms with Gasteiger partial charge in [-0.25, -0.2) is 21.1 Å². The van der Waals surface area contributed by atoms with Crippen LogP contribution in [0, 0.1) is 5.92 Å². The molecule has 0 saturated carbocycles. The molecule has 1 aliphatic rings. The van der Waals surface area contributed by atoms with E-state index in [1.807, 2.05) is 6.92 Å². The number of anilines is 2. The summed E-state index contributed by atoms with van der Waals surface area (Å²) in [6.07, 6.45) is 0.762. The highest BCUT2D eigenvalue weighted by Crippen LogP contribution is 2.26. The Hall–Kier alpha value is -3.12. The number of carbonyl (C=O) groups excluding carboxylic acids is 1. The van der Waals surface area contributed by atoms with E-state index in [0.717, 1.165) is 0 Å². The molecule has 0 aliphatic carbocycles. The number of nitrogens with zero attached hydrogens (tertiary/aromatic N) is 1. The summed E-state index contributed by atoms with van der Waals surface area (Å²) in [6, 6.07) is 19.3. The Morgan fingerprint density at radius 2 is 1.54 bits per heavy atom. The summed E-state index contributed by atoms with van der Waals surface area (Å²) in [7, 11) is -7.39. The lowest BCUT2D eigenvalue weighted by molar-refractivity contribution is -0.120. The van der Waals surface area contributed by atoms with Crippen molar-refractivity contribution >= 4 is 48.9 Å². The predicted octanol–water partition coefficient (Wildman–Crippen LogP) is 4.72. The Labute approximate surface area is 234 Å². The largest absolute Gasteiger partial charge is 0.494 e. The fraction of sp³-hybridized carbons (Fsp3) is 0.296. The molecular weight excluding hydrogens is 562 g/mol. The Balaban J connectivity index is 1.30. The van der Waals surface area contributed by atoms with Crippen molar-refractivity contribution in [2.24, 2.45) is 5.92 Å². The number of hydrogen-bond donors (Lipinski definition) is 2. The number of amides is 1. The standard InChI is InChI=1S/C27H30ClN3O6S2/c1-2-37-24-11-7-23(8-12-24)30-39(35,36)25-13-9-22(10-14-25)29-27(32)20-15-17-31(18-16-20)38(33,34)19-21-5-3-4-6-26(21)28/h3-14,20,30H,2,15-19H2,1H3,(H,29,32). The maximum absolute atomic E-state index is 12.9. The number of rotatable bonds is 10. The second-order valence-electron chi connectivity index (χ2n) is 9.10. The topological polar surface area (TPSA) is 122 Å². The quantitative estimate of drug-likeness (QED) is 0.352. The van der Waals surface area contributed by atoms with Crippen LogP contribution in [0.15, 0.2) is 77.7 Å². The molecule has 0 unspecified atom stereocenters. The number of benzene rings is 3. The average Bonchev–Trinajstić information content (AvgIpc) is 2.91. The van der Waals surface area contributed by atoms with Crippen LogP contribution in [0.3, 0.4) is 0 Å².